The summed E-state index contributed by atoms with van der Waals surface area (Å²) >= 11 is 0. The Balaban J connectivity index is 2.27. The first kappa shape index (κ1) is 12.9. The first-order chi connectivity index (χ1) is 8.90. The number of anilines is 1. The number of carbonyl (C=O) groups is 4. The fourth-order valence-electron chi connectivity index (χ4n) is 1.99. The number of carboxylic acids is 1. The second-order valence-corrected chi connectivity index (χ2v) is 4.30. The van der Waals surface area contributed by atoms with Crippen molar-refractivity contribution in [2.75, 3.05) is 11.9 Å². The molecule has 1 aromatic rings. The summed E-state index contributed by atoms with van der Waals surface area (Å²) in [5, 5.41) is 8.48. The molecule has 1 aliphatic heterocycles. The molecule has 0 unspecified atom stereocenters. The molecule has 0 saturated heterocycles. The molecule has 1 aliphatic rings. The molecule has 2 rings (SSSR count). The van der Waals surface area contributed by atoms with Gasteiger partial charge in [-0.05, 0) is 23.8 Å². The van der Waals surface area contributed by atoms with Gasteiger partial charge in [0.2, 0.25) is 17.5 Å². The van der Waals surface area contributed by atoms with Crippen LogP contribution >= 0.6 is 0 Å². The molecule has 0 atom stereocenters. The molecule has 1 heterocycles. The topological polar surface area (TPSA) is 91.8 Å². The van der Waals surface area contributed by atoms with Gasteiger partial charge >= 0.3 is 5.97 Å². The van der Waals surface area contributed by atoms with Crippen LogP contribution in [0.25, 0.3) is 0 Å². The van der Waals surface area contributed by atoms with Crippen LogP contribution in [0.15, 0.2) is 18.2 Å². The van der Waals surface area contributed by atoms with Crippen LogP contribution in [0.3, 0.4) is 0 Å². The third kappa shape index (κ3) is 2.37. The van der Waals surface area contributed by atoms with E-state index in [1.807, 2.05) is 0 Å². The summed E-state index contributed by atoms with van der Waals surface area (Å²) in [6.45, 7) is 0. The number of carbonyl (C=O) groups excluding carboxylic acids is 3. The average Bonchev–Trinajstić information content (AvgIpc) is 2.63. The van der Waals surface area contributed by atoms with Crippen LogP contribution in [0.5, 0.6) is 0 Å². The first-order valence-electron chi connectivity index (χ1n) is 5.59. The number of likely N-dealkylation sites (N-methyl/N-ethyl adjacent to an activating group) is 1. The molecule has 0 radical (unpaired) electrons. The number of rotatable bonds is 4. The Morgan fingerprint density at radius 3 is 2.63 bits per heavy atom. The van der Waals surface area contributed by atoms with Gasteiger partial charge in [-0.3, -0.25) is 19.2 Å². The van der Waals surface area contributed by atoms with E-state index >= 15 is 0 Å². The number of aliphatic carboxylic acids is 1. The summed E-state index contributed by atoms with van der Waals surface area (Å²) in [6.07, 6.45) is -0.644. The molecule has 6 nitrogen and oxygen atoms in total. The SMILES string of the molecule is CN1C(=O)Cc2cc(C(=O)C(=O)CC(=O)O)ccc21. The third-order valence-electron chi connectivity index (χ3n) is 2.98. The lowest BCUT2D eigenvalue weighted by Crippen LogP contribution is -2.20. The van der Waals surface area contributed by atoms with Crippen molar-refractivity contribution < 1.29 is 24.3 Å². The normalized spacial score (nSPS) is 13.3. The Bertz CT molecular complexity index is 605. The fourth-order valence-corrected chi connectivity index (χ4v) is 1.99. The summed E-state index contributed by atoms with van der Waals surface area (Å²) in [4.78, 5) is 46.5. The highest BCUT2D eigenvalue weighted by molar-refractivity contribution is 6.45. The van der Waals surface area contributed by atoms with Crippen molar-refractivity contribution >= 4 is 29.1 Å². The maximum atomic E-state index is 11.7. The maximum absolute atomic E-state index is 11.7. The van der Waals surface area contributed by atoms with Gasteiger partial charge in [0, 0.05) is 18.3 Å². The smallest absolute Gasteiger partial charge is 0.311 e. The largest absolute Gasteiger partial charge is 0.481 e. The highest BCUT2D eigenvalue weighted by atomic mass is 16.4. The fraction of sp³-hybridized carbons (Fsp3) is 0.231. The van der Waals surface area contributed by atoms with Crippen molar-refractivity contribution in [2.24, 2.45) is 0 Å². The zero-order valence-electron chi connectivity index (χ0n) is 10.2. The quantitative estimate of drug-likeness (QED) is 0.482. The number of Topliss-reactive ketones (excluding diaryl/α,β-unsaturated/α-hetero) is 2. The second-order valence-electron chi connectivity index (χ2n) is 4.30. The molecule has 1 aromatic carbocycles. The first-order valence-corrected chi connectivity index (χ1v) is 5.59. The van der Waals surface area contributed by atoms with E-state index in [4.69, 9.17) is 5.11 Å². The van der Waals surface area contributed by atoms with E-state index in [1.165, 1.54) is 17.0 Å². The van der Waals surface area contributed by atoms with Gasteiger partial charge in [-0.25, -0.2) is 0 Å². The minimum absolute atomic E-state index is 0.0866. The number of nitrogens with zero attached hydrogens (tertiary/aromatic N) is 1. The van der Waals surface area contributed by atoms with Gasteiger partial charge in [-0.15, -0.1) is 0 Å². The second kappa shape index (κ2) is 4.64. The van der Waals surface area contributed by atoms with Gasteiger partial charge in [0.05, 0.1) is 6.42 Å². The molecule has 0 fully saturated rings. The Labute approximate surface area is 108 Å². The van der Waals surface area contributed by atoms with Gasteiger partial charge in [-0.2, -0.15) is 0 Å². The van der Waals surface area contributed by atoms with E-state index in [0.717, 1.165) is 0 Å². The summed E-state index contributed by atoms with van der Waals surface area (Å²) in [5.41, 5.74) is 1.49. The minimum atomic E-state index is -1.34. The van der Waals surface area contributed by atoms with Gasteiger partial charge in [-0.1, -0.05) is 0 Å². The van der Waals surface area contributed by atoms with E-state index in [-0.39, 0.29) is 17.9 Å². The summed E-state index contributed by atoms with van der Waals surface area (Å²) in [7, 11) is 1.63. The van der Waals surface area contributed by atoms with E-state index in [0.29, 0.717) is 11.3 Å². The molecule has 0 saturated carbocycles. The Morgan fingerprint density at radius 1 is 1.32 bits per heavy atom. The lowest BCUT2D eigenvalue weighted by atomic mass is 10.0. The van der Waals surface area contributed by atoms with Crippen LogP contribution in [0.2, 0.25) is 0 Å². The summed E-state index contributed by atoms with van der Waals surface area (Å²) in [5.74, 6) is -3.23. The van der Waals surface area contributed by atoms with Crippen LogP contribution in [-0.4, -0.2) is 35.6 Å². The van der Waals surface area contributed by atoms with Gasteiger partial charge in [0.15, 0.2) is 0 Å². The van der Waals surface area contributed by atoms with Crippen LogP contribution in [0.4, 0.5) is 5.69 Å². The van der Waals surface area contributed by atoms with Crippen molar-refractivity contribution in [1.82, 2.24) is 0 Å². The molecule has 6 heteroatoms. The predicted octanol–water partition coefficient (Wildman–Crippen LogP) is 0.432. The molecule has 1 amide bonds. The number of ketones is 2. The molecule has 0 spiro atoms. The van der Waals surface area contributed by atoms with E-state index in [2.05, 4.69) is 0 Å². The highest BCUT2D eigenvalue weighted by Crippen LogP contribution is 2.28. The molecule has 98 valence electrons. The number of carboxylic acid groups (broad SMARTS) is 1. The van der Waals surface area contributed by atoms with Crippen molar-refractivity contribution in [3.8, 4) is 0 Å². The molecule has 0 aliphatic carbocycles. The van der Waals surface area contributed by atoms with Crippen LogP contribution < -0.4 is 4.90 Å². The van der Waals surface area contributed by atoms with Crippen molar-refractivity contribution in [1.29, 1.82) is 0 Å². The zero-order chi connectivity index (χ0) is 14.2. The molecular weight excluding hydrogens is 250 g/mol. The Hall–Kier alpha value is -2.50. The van der Waals surface area contributed by atoms with Crippen molar-refractivity contribution in [2.45, 2.75) is 12.8 Å². The van der Waals surface area contributed by atoms with Crippen molar-refractivity contribution in [3.05, 3.63) is 29.3 Å². The average molecular weight is 261 g/mol. The van der Waals surface area contributed by atoms with Crippen LogP contribution in [-0.2, 0) is 20.8 Å². The third-order valence-corrected chi connectivity index (χ3v) is 2.98. The zero-order valence-corrected chi connectivity index (χ0v) is 10.2. The van der Waals surface area contributed by atoms with Crippen LogP contribution in [0, 0.1) is 0 Å². The molecular formula is C13H11NO5. The molecule has 19 heavy (non-hydrogen) atoms. The number of hydrogen-bond acceptors (Lipinski definition) is 4. The Kier molecular flexibility index (Phi) is 3.16. The monoisotopic (exact) mass is 261 g/mol. The number of benzene rings is 1. The summed E-state index contributed by atoms with van der Waals surface area (Å²) in [6, 6.07) is 4.48. The maximum Gasteiger partial charge on any atom is 0.311 e. The lowest BCUT2D eigenvalue weighted by molar-refractivity contribution is -0.139. The van der Waals surface area contributed by atoms with E-state index < -0.39 is 24.0 Å². The molecule has 0 bridgehead atoms. The molecule has 0 aromatic heterocycles. The van der Waals surface area contributed by atoms with Gasteiger partial charge in [0.25, 0.3) is 0 Å². The standard InChI is InChI=1S/C13H11NO5/c1-14-9-3-2-7(4-8(9)5-11(14)16)13(19)10(15)6-12(17)18/h2-4H,5-6H2,1H3,(H,17,18). The highest BCUT2D eigenvalue weighted by Gasteiger charge is 2.26. The van der Waals surface area contributed by atoms with E-state index in [9.17, 15) is 19.2 Å². The van der Waals surface area contributed by atoms with Crippen LogP contribution in [0.1, 0.15) is 22.3 Å². The number of hydrogen-bond donors (Lipinski definition) is 1. The van der Waals surface area contributed by atoms with E-state index in [1.54, 1.807) is 13.1 Å². The number of fused-ring (bicyclic) bond motifs is 1. The minimum Gasteiger partial charge on any atom is -0.481 e. The molecule has 1 N–H and O–H groups in total. The predicted molar refractivity (Wildman–Crippen MR) is 65.1 cm³/mol. The van der Waals surface area contributed by atoms with Gasteiger partial charge < -0.3 is 10.0 Å². The summed E-state index contributed by atoms with van der Waals surface area (Å²) < 4.78 is 0. The van der Waals surface area contributed by atoms with Crippen molar-refractivity contribution in [3.63, 3.8) is 0 Å². The Morgan fingerprint density at radius 2 is 2.00 bits per heavy atom. The number of amides is 1. The lowest BCUT2D eigenvalue weighted by Gasteiger charge is -2.09. The van der Waals surface area contributed by atoms with Gasteiger partial charge in [0.1, 0.15) is 6.42 Å².